The lowest BCUT2D eigenvalue weighted by Gasteiger charge is -2.44. The van der Waals surface area contributed by atoms with Crippen LogP contribution in [0, 0.1) is 11.3 Å². The van der Waals surface area contributed by atoms with Crippen LogP contribution < -0.4 is 4.90 Å². The molecule has 2 N–H and O–H groups in total. The molecule has 1 aliphatic rings. The van der Waals surface area contributed by atoms with Gasteiger partial charge in [-0.2, -0.15) is 5.26 Å². The molecule has 2 atom stereocenters. The summed E-state index contributed by atoms with van der Waals surface area (Å²) in [6.07, 6.45) is -0.690. The minimum Gasteiger partial charge on any atom is -0.395 e. The highest BCUT2D eigenvalue weighted by Crippen LogP contribution is 2.36. The third-order valence-electron chi connectivity index (χ3n) is 6.86. The number of benzene rings is 3. The smallest absolute Gasteiger partial charge is 0.253 e. The van der Waals surface area contributed by atoms with Crippen LogP contribution in [0.4, 0.5) is 5.69 Å². The van der Waals surface area contributed by atoms with E-state index >= 15 is 0 Å². The largest absolute Gasteiger partial charge is 0.395 e. The van der Waals surface area contributed by atoms with Gasteiger partial charge in [0, 0.05) is 50.4 Å². The third-order valence-corrected chi connectivity index (χ3v) is 7.42. The number of carbonyl (C=O) groups is 1. The number of amides is 1. The number of β-amino-alcohol motifs (C(OH)–C–C–N with tert-alkyl or cyclic N) is 1. The Hall–Kier alpha value is -3.12. The summed E-state index contributed by atoms with van der Waals surface area (Å²) in [5, 5.41) is 30.2. The van der Waals surface area contributed by atoms with Crippen LogP contribution in [0.25, 0.3) is 0 Å². The van der Waals surface area contributed by atoms with Gasteiger partial charge < -0.3 is 20.0 Å². The number of aliphatic hydroxyl groups is 2. The Morgan fingerprint density at radius 2 is 1.82 bits per heavy atom. The number of nitrogens with zero attached hydrogens (tertiary/aromatic N) is 4. The molecule has 0 spiro atoms. The molecule has 1 saturated heterocycles. The van der Waals surface area contributed by atoms with Gasteiger partial charge in [-0.15, -0.1) is 0 Å². The second kappa shape index (κ2) is 12.6. The number of nitriles is 1. The summed E-state index contributed by atoms with van der Waals surface area (Å²) in [6.45, 7) is 2.58. The maximum Gasteiger partial charge on any atom is 0.253 e. The molecule has 1 fully saturated rings. The van der Waals surface area contributed by atoms with E-state index in [9.17, 15) is 9.90 Å². The van der Waals surface area contributed by atoms with Crippen LogP contribution in [-0.2, 0) is 0 Å². The van der Waals surface area contributed by atoms with Crippen LogP contribution in [0.15, 0.2) is 66.7 Å². The predicted molar refractivity (Wildman–Crippen MR) is 150 cm³/mol. The molecule has 0 unspecified atom stereocenters. The molecule has 4 rings (SSSR count). The molecule has 0 saturated carbocycles. The lowest BCUT2D eigenvalue weighted by molar-refractivity contribution is 0.0767. The highest BCUT2D eigenvalue weighted by Gasteiger charge is 2.31. The fourth-order valence-electron chi connectivity index (χ4n) is 4.74. The van der Waals surface area contributed by atoms with Gasteiger partial charge in [-0.1, -0.05) is 47.5 Å². The summed E-state index contributed by atoms with van der Waals surface area (Å²) in [6, 6.07) is 22.1. The molecule has 0 aliphatic carbocycles. The molecule has 1 amide bonds. The molecule has 3 aromatic carbocycles. The highest BCUT2D eigenvalue weighted by molar-refractivity contribution is 6.33. The molecule has 1 aliphatic heterocycles. The van der Waals surface area contributed by atoms with Crippen LogP contribution in [-0.4, -0.2) is 72.3 Å². The predicted octanol–water partition coefficient (Wildman–Crippen LogP) is 4.53. The van der Waals surface area contributed by atoms with E-state index in [-0.39, 0.29) is 25.1 Å². The summed E-state index contributed by atoms with van der Waals surface area (Å²) in [4.78, 5) is 18.6. The number of anilines is 1. The van der Waals surface area contributed by atoms with Crippen LogP contribution in [0.2, 0.25) is 10.0 Å². The zero-order chi connectivity index (χ0) is 27.2. The van der Waals surface area contributed by atoms with E-state index in [0.29, 0.717) is 47.4 Å². The summed E-state index contributed by atoms with van der Waals surface area (Å²) < 4.78 is 0. The number of likely N-dealkylation sites (N-methyl/N-ethyl adjacent to an activating group) is 1. The second-order valence-corrected chi connectivity index (χ2v) is 10.2. The van der Waals surface area contributed by atoms with Crippen LogP contribution in [0.3, 0.4) is 0 Å². The molecule has 1 heterocycles. The topological polar surface area (TPSA) is 91.0 Å². The van der Waals surface area contributed by atoms with Crippen molar-refractivity contribution in [1.82, 2.24) is 9.80 Å². The van der Waals surface area contributed by atoms with Crippen molar-refractivity contribution in [3.8, 4) is 6.07 Å². The Bertz CT molecular complexity index is 1290. The quantitative estimate of drug-likeness (QED) is 0.426. The van der Waals surface area contributed by atoms with E-state index in [1.54, 1.807) is 43.4 Å². The van der Waals surface area contributed by atoms with Gasteiger partial charge in [0.1, 0.15) is 0 Å². The van der Waals surface area contributed by atoms with E-state index in [4.69, 9.17) is 33.6 Å². The third kappa shape index (κ3) is 6.47. The Labute approximate surface area is 233 Å². The molecule has 9 heteroatoms. The average molecular weight is 553 g/mol. The molecule has 38 heavy (non-hydrogen) atoms. The number of rotatable bonds is 8. The minimum atomic E-state index is -0.690. The van der Waals surface area contributed by atoms with E-state index in [1.807, 2.05) is 30.3 Å². The standard InChI is InChI=1S/C29H30Cl2N4O3/c1-33(14-15-36)29(38)23-8-11-26(25(31)16-23)35-13-12-34(18-27(35)21-6-9-24(30)10-7-21)19-28(37)22-4-2-20(17-32)3-5-22/h2-11,16,27-28,36-37H,12-15,18-19H2,1H3/t27-,28+/m0/s1. The molecular formula is C29H30Cl2N4O3. The van der Waals surface area contributed by atoms with Crippen LogP contribution >= 0.6 is 23.2 Å². The van der Waals surface area contributed by atoms with Crippen molar-refractivity contribution in [2.45, 2.75) is 12.1 Å². The van der Waals surface area contributed by atoms with Gasteiger partial charge in [0.05, 0.1) is 41.1 Å². The van der Waals surface area contributed by atoms with Crippen molar-refractivity contribution in [2.24, 2.45) is 0 Å². The number of aliphatic hydroxyl groups excluding tert-OH is 2. The lowest BCUT2D eigenvalue weighted by atomic mass is 9.99. The van der Waals surface area contributed by atoms with Crippen molar-refractivity contribution < 1.29 is 15.0 Å². The molecular weight excluding hydrogens is 523 g/mol. The van der Waals surface area contributed by atoms with E-state index in [1.165, 1.54) is 4.90 Å². The summed E-state index contributed by atoms with van der Waals surface area (Å²) >= 11 is 12.9. The fraction of sp³-hybridized carbons (Fsp3) is 0.310. The van der Waals surface area contributed by atoms with Gasteiger partial charge in [-0.25, -0.2) is 0 Å². The van der Waals surface area contributed by atoms with E-state index in [0.717, 1.165) is 16.8 Å². The minimum absolute atomic E-state index is 0.0645. The van der Waals surface area contributed by atoms with Crippen molar-refractivity contribution in [3.05, 3.63) is 99.0 Å². The Morgan fingerprint density at radius 1 is 1.11 bits per heavy atom. The van der Waals surface area contributed by atoms with E-state index < -0.39 is 6.10 Å². The first-order valence-electron chi connectivity index (χ1n) is 12.4. The number of hydrogen-bond acceptors (Lipinski definition) is 6. The molecule has 7 nitrogen and oxygen atoms in total. The second-order valence-electron chi connectivity index (χ2n) is 9.39. The first kappa shape index (κ1) is 27.9. The zero-order valence-electron chi connectivity index (χ0n) is 21.1. The monoisotopic (exact) mass is 552 g/mol. The first-order valence-corrected chi connectivity index (χ1v) is 13.1. The first-order chi connectivity index (χ1) is 18.3. The van der Waals surface area contributed by atoms with Gasteiger partial charge in [-0.3, -0.25) is 9.69 Å². The molecule has 0 bridgehead atoms. The molecule has 0 aromatic heterocycles. The normalized spacial score (nSPS) is 16.6. The van der Waals surface area contributed by atoms with E-state index in [2.05, 4.69) is 15.9 Å². The molecule has 198 valence electrons. The van der Waals surface area contributed by atoms with Crippen molar-refractivity contribution in [2.75, 3.05) is 51.3 Å². The van der Waals surface area contributed by atoms with Crippen LogP contribution in [0.5, 0.6) is 0 Å². The number of piperazine rings is 1. The zero-order valence-corrected chi connectivity index (χ0v) is 22.6. The summed E-state index contributed by atoms with van der Waals surface area (Å²) in [5.74, 6) is -0.205. The fourth-order valence-corrected chi connectivity index (χ4v) is 5.15. The number of hydrogen-bond donors (Lipinski definition) is 2. The maximum absolute atomic E-state index is 12.7. The highest BCUT2D eigenvalue weighted by atomic mass is 35.5. The van der Waals surface area contributed by atoms with Gasteiger partial charge in [-0.05, 0) is 53.6 Å². The van der Waals surface area contributed by atoms with Crippen molar-refractivity contribution in [3.63, 3.8) is 0 Å². The van der Waals surface area contributed by atoms with Gasteiger partial charge in [0.2, 0.25) is 0 Å². The average Bonchev–Trinajstić information content (AvgIpc) is 2.93. The van der Waals surface area contributed by atoms with Crippen molar-refractivity contribution in [1.29, 1.82) is 5.26 Å². The molecule has 0 radical (unpaired) electrons. The van der Waals surface area contributed by atoms with Gasteiger partial charge in [0.15, 0.2) is 0 Å². The van der Waals surface area contributed by atoms with Crippen molar-refractivity contribution >= 4 is 34.8 Å². The Kier molecular flexibility index (Phi) is 9.26. The molecule has 3 aromatic rings. The lowest BCUT2D eigenvalue weighted by Crippen LogP contribution is -2.49. The Balaban J connectivity index is 1.56. The summed E-state index contributed by atoms with van der Waals surface area (Å²) in [5.41, 5.74) is 3.67. The Morgan fingerprint density at radius 3 is 2.45 bits per heavy atom. The van der Waals surface area contributed by atoms with Crippen LogP contribution in [0.1, 0.15) is 39.2 Å². The van der Waals surface area contributed by atoms with Gasteiger partial charge >= 0.3 is 0 Å². The summed E-state index contributed by atoms with van der Waals surface area (Å²) in [7, 11) is 1.64. The SMILES string of the molecule is CN(CCO)C(=O)c1ccc(N2CCN(C[C@@H](O)c3ccc(C#N)cc3)C[C@H]2c2ccc(Cl)cc2)c(Cl)c1. The number of carbonyl (C=O) groups excluding carboxylic acids is 1. The van der Waals surface area contributed by atoms with Gasteiger partial charge in [0.25, 0.3) is 5.91 Å². The maximum atomic E-state index is 12.7. The number of halogens is 2.